The SMILES string of the molecule is C[C@H](NC(=O)COC(=O)c1ccc(O)cc1)c1cccs1. The lowest BCUT2D eigenvalue weighted by Crippen LogP contribution is -2.30. The number of phenolic OH excluding ortho intramolecular Hbond substituents is 1. The predicted molar refractivity (Wildman–Crippen MR) is 79.3 cm³/mol. The van der Waals surface area contributed by atoms with Crippen molar-refractivity contribution in [2.45, 2.75) is 13.0 Å². The highest BCUT2D eigenvalue weighted by Crippen LogP contribution is 2.17. The Bertz CT molecular complexity index is 607. The van der Waals surface area contributed by atoms with Crippen LogP contribution < -0.4 is 5.32 Å². The number of benzene rings is 1. The molecule has 0 spiro atoms. The molecule has 0 aliphatic heterocycles. The van der Waals surface area contributed by atoms with E-state index in [1.54, 1.807) is 11.3 Å². The molecule has 6 heteroatoms. The molecule has 0 unspecified atom stereocenters. The molecular formula is C15H15NO4S. The molecule has 2 aromatic rings. The van der Waals surface area contributed by atoms with Crippen molar-refractivity contribution >= 4 is 23.2 Å². The molecule has 1 amide bonds. The van der Waals surface area contributed by atoms with Crippen LogP contribution in [0.25, 0.3) is 0 Å². The lowest BCUT2D eigenvalue weighted by molar-refractivity contribution is -0.124. The Balaban J connectivity index is 1.81. The van der Waals surface area contributed by atoms with Gasteiger partial charge in [-0.25, -0.2) is 4.79 Å². The molecule has 0 radical (unpaired) electrons. The first-order chi connectivity index (χ1) is 10.1. The molecule has 0 saturated carbocycles. The van der Waals surface area contributed by atoms with E-state index >= 15 is 0 Å². The fourth-order valence-corrected chi connectivity index (χ4v) is 2.44. The van der Waals surface area contributed by atoms with Gasteiger partial charge in [-0.3, -0.25) is 4.79 Å². The van der Waals surface area contributed by atoms with Gasteiger partial charge in [0.1, 0.15) is 5.75 Å². The second-order valence-corrected chi connectivity index (χ2v) is 5.41. The molecule has 0 aliphatic rings. The van der Waals surface area contributed by atoms with Gasteiger partial charge in [-0.15, -0.1) is 11.3 Å². The summed E-state index contributed by atoms with van der Waals surface area (Å²) in [7, 11) is 0. The summed E-state index contributed by atoms with van der Waals surface area (Å²) in [5.41, 5.74) is 0.284. The minimum absolute atomic E-state index is 0.0639. The lowest BCUT2D eigenvalue weighted by atomic mass is 10.2. The molecule has 0 aliphatic carbocycles. The van der Waals surface area contributed by atoms with Crippen molar-refractivity contribution in [2.75, 3.05) is 6.61 Å². The molecule has 110 valence electrons. The van der Waals surface area contributed by atoms with Gasteiger partial charge < -0.3 is 15.2 Å². The van der Waals surface area contributed by atoms with Gasteiger partial charge >= 0.3 is 5.97 Å². The highest BCUT2D eigenvalue weighted by molar-refractivity contribution is 7.10. The number of rotatable bonds is 5. The van der Waals surface area contributed by atoms with E-state index in [9.17, 15) is 9.59 Å². The van der Waals surface area contributed by atoms with Crippen LogP contribution in [-0.2, 0) is 9.53 Å². The topological polar surface area (TPSA) is 75.6 Å². The number of thiophene rings is 1. The Kier molecular flexibility index (Phi) is 4.94. The van der Waals surface area contributed by atoms with Crippen LogP contribution in [0.5, 0.6) is 5.75 Å². The second-order valence-electron chi connectivity index (χ2n) is 4.43. The summed E-state index contributed by atoms with van der Waals surface area (Å²) in [6.45, 7) is 1.53. The highest BCUT2D eigenvalue weighted by Gasteiger charge is 2.13. The van der Waals surface area contributed by atoms with Gasteiger partial charge in [0.05, 0.1) is 11.6 Å². The molecule has 21 heavy (non-hydrogen) atoms. The maximum atomic E-state index is 11.7. The van der Waals surface area contributed by atoms with Gasteiger partial charge in [-0.05, 0) is 42.6 Å². The molecule has 5 nitrogen and oxygen atoms in total. The van der Waals surface area contributed by atoms with Crippen molar-refractivity contribution in [3.8, 4) is 5.75 Å². The molecule has 0 fully saturated rings. The molecule has 2 N–H and O–H groups in total. The maximum Gasteiger partial charge on any atom is 0.338 e. The number of carbonyl (C=O) groups is 2. The van der Waals surface area contributed by atoms with Crippen LogP contribution in [0.2, 0.25) is 0 Å². The number of nitrogens with one attached hydrogen (secondary N) is 1. The smallest absolute Gasteiger partial charge is 0.338 e. The Morgan fingerprint density at radius 3 is 2.62 bits per heavy atom. The third kappa shape index (κ3) is 4.32. The van der Waals surface area contributed by atoms with E-state index in [0.717, 1.165) is 4.88 Å². The molecule has 1 aromatic carbocycles. The first kappa shape index (κ1) is 15.1. The number of phenols is 1. The average molecular weight is 305 g/mol. The van der Waals surface area contributed by atoms with Crippen molar-refractivity contribution in [3.63, 3.8) is 0 Å². The van der Waals surface area contributed by atoms with E-state index in [2.05, 4.69) is 5.32 Å². The average Bonchev–Trinajstić information content (AvgIpc) is 3.00. The maximum absolute atomic E-state index is 11.7. The quantitative estimate of drug-likeness (QED) is 0.832. The summed E-state index contributed by atoms with van der Waals surface area (Å²) < 4.78 is 4.92. The van der Waals surface area contributed by atoms with E-state index in [1.165, 1.54) is 24.3 Å². The van der Waals surface area contributed by atoms with Gasteiger partial charge in [0.25, 0.3) is 5.91 Å². The van der Waals surface area contributed by atoms with Gasteiger partial charge in [0.15, 0.2) is 6.61 Å². The van der Waals surface area contributed by atoms with Crippen LogP contribution in [0.1, 0.15) is 28.2 Å². The molecule has 0 saturated heterocycles. The van der Waals surface area contributed by atoms with E-state index in [4.69, 9.17) is 9.84 Å². The second kappa shape index (κ2) is 6.90. The number of aromatic hydroxyl groups is 1. The molecule has 1 atom stereocenters. The molecule has 1 heterocycles. The van der Waals surface area contributed by atoms with E-state index in [1.807, 2.05) is 24.4 Å². The Hall–Kier alpha value is -2.34. The largest absolute Gasteiger partial charge is 0.508 e. The van der Waals surface area contributed by atoms with Gasteiger partial charge in [-0.2, -0.15) is 0 Å². The number of hydrogen-bond acceptors (Lipinski definition) is 5. The minimum Gasteiger partial charge on any atom is -0.508 e. The predicted octanol–water partition coefficient (Wildman–Crippen LogP) is 2.49. The van der Waals surface area contributed by atoms with Crippen LogP contribution in [0, 0.1) is 0 Å². The molecule has 1 aromatic heterocycles. The number of ether oxygens (including phenoxy) is 1. The van der Waals surface area contributed by atoms with Crippen LogP contribution in [-0.4, -0.2) is 23.6 Å². The van der Waals surface area contributed by atoms with Gasteiger partial charge in [0.2, 0.25) is 0 Å². The van der Waals surface area contributed by atoms with E-state index < -0.39 is 5.97 Å². The van der Waals surface area contributed by atoms with Crippen molar-refractivity contribution in [1.82, 2.24) is 5.32 Å². The first-order valence-electron chi connectivity index (χ1n) is 6.35. The summed E-state index contributed by atoms with van der Waals surface area (Å²) in [6, 6.07) is 9.36. The first-order valence-corrected chi connectivity index (χ1v) is 7.23. The van der Waals surface area contributed by atoms with Crippen molar-refractivity contribution in [3.05, 3.63) is 52.2 Å². The zero-order valence-electron chi connectivity index (χ0n) is 11.4. The summed E-state index contributed by atoms with van der Waals surface area (Å²) in [6.07, 6.45) is 0. The van der Waals surface area contributed by atoms with Crippen molar-refractivity contribution in [1.29, 1.82) is 0 Å². The number of hydrogen-bond donors (Lipinski definition) is 2. The fourth-order valence-electron chi connectivity index (χ4n) is 1.70. The Morgan fingerprint density at radius 1 is 1.29 bits per heavy atom. The third-order valence-electron chi connectivity index (χ3n) is 2.78. The highest BCUT2D eigenvalue weighted by atomic mass is 32.1. The Morgan fingerprint density at radius 2 is 2.00 bits per heavy atom. The zero-order valence-corrected chi connectivity index (χ0v) is 12.2. The van der Waals surface area contributed by atoms with Crippen LogP contribution >= 0.6 is 11.3 Å². The summed E-state index contributed by atoms with van der Waals surface area (Å²) >= 11 is 1.55. The lowest BCUT2D eigenvalue weighted by Gasteiger charge is -2.12. The Labute approximate surface area is 126 Å². The summed E-state index contributed by atoms with van der Waals surface area (Å²) in [5, 5.41) is 13.8. The number of esters is 1. The van der Waals surface area contributed by atoms with Gasteiger partial charge in [0, 0.05) is 4.88 Å². The van der Waals surface area contributed by atoms with Crippen LogP contribution in [0.15, 0.2) is 41.8 Å². The monoisotopic (exact) mass is 305 g/mol. The summed E-state index contributed by atoms with van der Waals surface area (Å²) in [5.74, 6) is -0.897. The molecular weight excluding hydrogens is 290 g/mol. The summed E-state index contributed by atoms with van der Waals surface area (Å²) in [4.78, 5) is 24.4. The minimum atomic E-state index is -0.603. The fraction of sp³-hybridized carbons (Fsp3) is 0.200. The third-order valence-corrected chi connectivity index (χ3v) is 3.84. The van der Waals surface area contributed by atoms with E-state index in [-0.39, 0.29) is 29.9 Å². The van der Waals surface area contributed by atoms with Crippen molar-refractivity contribution < 1.29 is 19.4 Å². The number of carbonyl (C=O) groups excluding carboxylic acids is 2. The normalized spacial score (nSPS) is 11.7. The number of amides is 1. The van der Waals surface area contributed by atoms with Gasteiger partial charge in [-0.1, -0.05) is 6.07 Å². The molecule has 0 bridgehead atoms. The van der Waals surface area contributed by atoms with Crippen LogP contribution in [0.4, 0.5) is 0 Å². The zero-order chi connectivity index (χ0) is 15.2. The standard InChI is InChI=1S/C15H15NO4S/c1-10(13-3-2-8-21-13)16-14(18)9-20-15(19)11-4-6-12(17)7-5-11/h2-8,10,17H,9H2,1H3,(H,16,18)/t10-/m0/s1. The van der Waals surface area contributed by atoms with Crippen LogP contribution in [0.3, 0.4) is 0 Å². The van der Waals surface area contributed by atoms with Crippen molar-refractivity contribution in [2.24, 2.45) is 0 Å². The molecule has 2 rings (SSSR count). The van der Waals surface area contributed by atoms with E-state index in [0.29, 0.717) is 0 Å².